The summed E-state index contributed by atoms with van der Waals surface area (Å²) in [6.07, 6.45) is -4.23. The van der Waals surface area contributed by atoms with Crippen LogP contribution in [0.1, 0.15) is 26.2 Å². The molecule has 0 saturated carbocycles. The molecule has 16 nitrogen and oxygen atoms in total. The first kappa shape index (κ1) is 24.8. The standard InChI is InChI=1S/C15H17N3O13/c1-10(29-15(20)30-12-7-5-11(6-8-12)16(21)22)28-14(19)4-2-3-13(31-18(25)26)9-27-17(23)24/h5-8,10,13H,2-4,9H2,1H3/t10?,13-/m0/s1. The van der Waals surface area contributed by atoms with Crippen molar-refractivity contribution in [2.45, 2.75) is 38.6 Å². The summed E-state index contributed by atoms with van der Waals surface area (Å²) < 4.78 is 14.3. The minimum absolute atomic E-state index is 0.00161. The van der Waals surface area contributed by atoms with Crippen molar-refractivity contribution in [1.82, 2.24) is 0 Å². The van der Waals surface area contributed by atoms with Gasteiger partial charge in [0, 0.05) is 25.5 Å². The molecule has 0 radical (unpaired) electrons. The number of benzene rings is 1. The summed E-state index contributed by atoms with van der Waals surface area (Å²) in [5, 5.41) is 28.8. The van der Waals surface area contributed by atoms with Crippen LogP contribution < -0.4 is 4.74 Å². The molecule has 16 heteroatoms. The second kappa shape index (κ2) is 12.3. The van der Waals surface area contributed by atoms with Crippen LogP contribution in [-0.4, -0.2) is 46.2 Å². The van der Waals surface area contributed by atoms with Gasteiger partial charge in [-0.25, -0.2) is 4.79 Å². The number of nitrogens with zero attached hydrogens (tertiary/aromatic N) is 3. The molecular weight excluding hydrogens is 430 g/mol. The number of hydrogen-bond acceptors (Lipinski definition) is 13. The zero-order valence-corrected chi connectivity index (χ0v) is 15.9. The molecule has 1 unspecified atom stereocenters. The Morgan fingerprint density at radius 2 is 1.65 bits per heavy atom. The van der Waals surface area contributed by atoms with Gasteiger partial charge in [-0.3, -0.25) is 14.9 Å². The molecule has 0 N–H and O–H groups in total. The van der Waals surface area contributed by atoms with E-state index in [0.717, 1.165) is 12.1 Å². The first-order chi connectivity index (χ1) is 14.6. The fraction of sp³-hybridized carbons (Fsp3) is 0.467. The van der Waals surface area contributed by atoms with Crippen LogP contribution in [0.15, 0.2) is 24.3 Å². The van der Waals surface area contributed by atoms with Crippen molar-refractivity contribution >= 4 is 17.8 Å². The van der Waals surface area contributed by atoms with Gasteiger partial charge in [0.25, 0.3) is 15.9 Å². The van der Waals surface area contributed by atoms with Gasteiger partial charge in [-0.1, -0.05) is 0 Å². The van der Waals surface area contributed by atoms with Gasteiger partial charge in [0.1, 0.15) is 18.5 Å². The number of nitro benzene ring substituents is 1. The summed E-state index contributed by atoms with van der Waals surface area (Å²) in [6, 6.07) is 4.56. The molecule has 0 bridgehead atoms. The van der Waals surface area contributed by atoms with E-state index in [1.165, 1.54) is 19.1 Å². The fourth-order valence-corrected chi connectivity index (χ4v) is 2.07. The van der Waals surface area contributed by atoms with E-state index in [4.69, 9.17) is 14.2 Å². The predicted octanol–water partition coefficient (Wildman–Crippen LogP) is 1.95. The lowest BCUT2D eigenvalue weighted by Crippen LogP contribution is -2.26. The van der Waals surface area contributed by atoms with Crippen molar-refractivity contribution in [2.24, 2.45) is 0 Å². The zero-order chi connectivity index (χ0) is 23.4. The Morgan fingerprint density at radius 1 is 1.00 bits per heavy atom. The van der Waals surface area contributed by atoms with Crippen LogP contribution in [0.5, 0.6) is 5.75 Å². The van der Waals surface area contributed by atoms with Gasteiger partial charge in [-0.05, 0) is 25.0 Å². The van der Waals surface area contributed by atoms with Crippen LogP contribution in [-0.2, 0) is 23.9 Å². The van der Waals surface area contributed by atoms with Crippen LogP contribution in [0.25, 0.3) is 0 Å². The van der Waals surface area contributed by atoms with Crippen molar-refractivity contribution in [3.63, 3.8) is 0 Å². The molecule has 1 aromatic rings. The number of hydrogen-bond donors (Lipinski definition) is 0. The number of ether oxygens (including phenoxy) is 3. The summed E-state index contributed by atoms with van der Waals surface area (Å²) in [7, 11) is 0. The zero-order valence-electron chi connectivity index (χ0n) is 15.9. The van der Waals surface area contributed by atoms with E-state index >= 15 is 0 Å². The van der Waals surface area contributed by atoms with Crippen molar-refractivity contribution in [2.75, 3.05) is 6.61 Å². The maximum Gasteiger partial charge on any atom is 0.516 e. The highest BCUT2D eigenvalue weighted by Crippen LogP contribution is 2.18. The highest BCUT2D eigenvalue weighted by Gasteiger charge is 2.19. The minimum atomic E-state index is -1.35. The molecule has 31 heavy (non-hydrogen) atoms. The molecule has 0 amide bonds. The molecular formula is C15H17N3O13. The molecule has 0 fully saturated rings. The molecule has 0 spiro atoms. The Kier molecular flexibility index (Phi) is 9.88. The minimum Gasteiger partial charge on any atom is -0.425 e. The number of esters is 1. The third-order valence-electron chi connectivity index (χ3n) is 3.32. The van der Waals surface area contributed by atoms with E-state index in [1.54, 1.807) is 0 Å². The Labute approximate surface area is 172 Å². The van der Waals surface area contributed by atoms with Crippen LogP contribution in [0, 0.1) is 30.3 Å². The fourth-order valence-electron chi connectivity index (χ4n) is 2.07. The lowest BCUT2D eigenvalue weighted by Gasteiger charge is -2.15. The molecule has 1 rings (SSSR count). The highest BCUT2D eigenvalue weighted by atomic mass is 17.0. The van der Waals surface area contributed by atoms with E-state index in [9.17, 15) is 39.9 Å². The lowest BCUT2D eigenvalue weighted by atomic mass is 10.1. The maximum atomic E-state index is 11.7. The van der Waals surface area contributed by atoms with Gasteiger partial charge in [0.05, 0.1) is 4.92 Å². The number of carbonyl (C=O) groups excluding carboxylic acids is 2. The average Bonchev–Trinajstić information content (AvgIpc) is 2.65. The summed E-state index contributed by atoms with van der Waals surface area (Å²) in [4.78, 5) is 62.0. The Balaban J connectivity index is 2.36. The third-order valence-corrected chi connectivity index (χ3v) is 3.32. The maximum absolute atomic E-state index is 11.7. The summed E-state index contributed by atoms with van der Waals surface area (Å²) >= 11 is 0. The van der Waals surface area contributed by atoms with Gasteiger partial charge < -0.3 is 23.9 Å². The quantitative estimate of drug-likeness (QED) is 0.139. The van der Waals surface area contributed by atoms with E-state index in [-0.39, 0.29) is 30.7 Å². The van der Waals surface area contributed by atoms with E-state index in [1.807, 2.05) is 0 Å². The molecule has 0 aliphatic rings. The largest absolute Gasteiger partial charge is 0.516 e. The molecule has 170 valence electrons. The highest BCUT2D eigenvalue weighted by molar-refractivity contribution is 5.70. The molecule has 2 atom stereocenters. The monoisotopic (exact) mass is 447 g/mol. The second-order valence-electron chi connectivity index (χ2n) is 5.64. The van der Waals surface area contributed by atoms with Crippen molar-refractivity contribution in [3.05, 3.63) is 54.6 Å². The number of carbonyl (C=O) groups is 2. The van der Waals surface area contributed by atoms with Crippen LogP contribution in [0.3, 0.4) is 0 Å². The third kappa shape index (κ3) is 10.8. The number of non-ortho nitro benzene ring substituents is 1. The van der Waals surface area contributed by atoms with Crippen molar-refractivity contribution < 1.29 is 48.6 Å². The molecule has 0 aliphatic carbocycles. The summed E-state index contributed by atoms with van der Waals surface area (Å²) in [5.74, 6) is -0.867. The second-order valence-corrected chi connectivity index (χ2v) is 5.64. The molecule has 1 aromatic carbocycles. The predicted molar refractivity (Wildman–Crippen MR) is 94.4 cm³/mol. The van der Waals surface area contributed by atoms with Gasteiger partial charge in [0.2, 0.25) is 6.29 Å². The van der Waals surface area contributed by atoms with Crippen molar-refractivity contribution in [3.8, 4) is 5.75 Å². The topological polar surface area (TPSA) is 210 Å². The van der Waals surface area contributed by atoms with Crippen LogP contribution in [0.2, 0.25) is 0 Å². The molecule has 0 saturated heterocycles. The Hall–Kier alpha value is -4.24. The summed E-state index contributed by atoms with van der Waals surface area (Å²) in [5.41, 5.74) is -0.209. The normalized spacial score (nSPS) is 12.0. The first-order valence-corrected chi connectivity index (χ1v) is 8.47. The van der Waals surface area contributed by atoms with Crippen molar-refractivity contribution in [1.29, 1.82) is 0 Å². The van der Waals surface area contributed by atoms with Crippen LogP contribution >= 0.6 is 0 Å². The average molecular weight is 447 g/mol. The first-order valence-electron chi connectivity index (χ1n) is 8.47. The Morgan fingerprint density at radius 3 is 2.19 bits per heavy atom. The van der Waals surface area contributed by atoms with Gasteiger partial charge in [-0.2, -0.15) is 0 Å². The number of nitro groups is 1. The smallest absolute Gasteiger partial charge is 0.425 e. The lowest BCUT2D eigenvalue weighted by molar-refractivity contribution is -0.790. The van der Waals surface area contributed by atoms with E-state index in [2.05, 4.69) is 9.68 Å². The summed E-state index contributed by atoms with van der Waals surface area (Å²) in [6.45, 7) is 0.523. The van der Waals surface area contributed by atoms with Gasteiger partial charge >= 0.3 is 12.1 Å². The van der Waals surface area contributed by atoms with Gasteiger partial charge in [0.15, 0.2) is 0 Å². The van der Waals surface area contributed by atoms with Gasteiger partial charge in [-0.15, -0.1) is 20.2 Å². The number of rotatable bonds is 13. The Bertz CT molecular complexity index is 798. The molecule has 0 heterocycles. The SMILES string of the molecule is CC(OC(=O)CCC[C@@H](CO[N+](=O)[O-])O[N+](=O)[O-])OC(=O)Oc1ccc([N+](=O)[O-])cc1. The molecule has 0 aromatic heterocycles. The van der Waals surface area contributed by atoms with E-state index < -0.39 is 46.2 Å². The van der Waals surface area contributed by atoms with Crippen LogP contribution in [0.4, 0.5) is 10.5 Å². The van der Waals surface area contributed by atoms with E-state index in [0.29, 0.717) is 0 Å². The molecule has 0 aliphatic heterocycles.